The Morgan fingerprint density at radius 1 is 1.07 bits per heavy atom. The molecule has 1 heterocycles. The summed E-state index contributed by atoms with van der Waals surface area (Å²) in [4.78, 5) is 26.9. The number of anilines is 1. The summed E-state index contributed by atoms with van der Waals surface area (Å²) in [5.74, 6) is 0.864. The molecule has 3 rings (SSSR count). The molecule has 1 aliphatic carbocycles. The van der Waals surface area contributed by atoms with Crippen LogP contribution in [0.2, 0.25) is 0 Å². The van der Waals surface area contributed by atoms with Crippen LogP contribution in [-0.4, -0.2) is 51.8 Å². The van der Waals surface area contributed by atoms with E-state index in [9.17, 15) is 9.59 Å². The molecule has 3 N–H and O–H groups in total. The number of methoxy groups -OCH3 is 3. The summed E-state index contributed by atoms with van der Waals surface area (Å²) >= 11 is 0. The third-order valence-electron chi connectivity index (χ3n) is 5.58. The molecule has 1 aromatic carbocycles. The second-order valence-electron chi connectivity index (χ2n) is 7.41. The summed E-state index contributed by atoms with van der Waals surface area (Å²) in [6.07, 6.45) is 3.82. The van der Waals surface area contributed by atoms with E-state index < -0.39 is 0 Å². The number of carbonyl (C=O) groups excluding carboxylic acids is 2. The number of ether oxygens (including phenoxy) is 3. The van der Waals surface area contributed by atoms with Crippen LogP contribution in [0, 0.1) is 5.92 Å². The molecule has 0 radical (unpaired) electrons. The molecule has 0 spiro atoms. The fraction of sp³-hybridized carbons (Fsp3) is 0.600. The Morgan fingerprint density at radius 3 is 2.21 bits per heavy atom. The van der Waals surface area contributed by atoms with Gasteiger partial charge in [0.1, 0.15) is 0 Å². The molecule has 1 saturated heterocycles. The van der Waals surface area contributed by atoms with Gasteiger partial charge >= 0.3 is 0 Å². The van der Waals surface area contributed by atoms with Crippen LogP contribution >= 0.6 is 0 Å². The van der Waals surface area contributed by atoms with Crippen LogP contribution in [0.3, 0.4) is 0 Å². The average Bonchev–Trinajstić information content (AvgIpc) is 3.10. The van der Waals surface area contributed by atoms with Gasteiger partial charge in [-0.15, -0.1) is 0 Å². The molecular formula is C20H29N3O5. The Kier molecular flexibility index (Phi) is 6.28. The van der Waals surface area contributed by atoms with E-state index in [2.05, 4.69) is 5.32 Å². The molecule has 0 bridgehead atoms. The second-order valence-corrected chi connectivity index (χ2v) is 7.41. The van der Waals surface area contributed by atoms with Gasteiger partial charge in [-0.25, -0.2) is 0 Å². The summed E-state index contributed by atoms with van der Waals surface area (Å²) in [5, 5.41) is 3.09. The SMILES string of the molecule is COc1cc(N2CC(C(=O)NC3CCC(N)CC3)CC2=O)cc(OC)c1OC. The standard InChI is InChI=1S/C20H29N3O5/c1-26-16-9-15(10-17(27-2)19(16)28-3)23-11-12(8-18(23)24)20(25)22-14-6-4-13(21)5-7-14/h9-10,12-14H,4-8,11,21H2,1-3H3,(H,22,25). The molecule has 28 heavy (non-hydrogen) atoms. The van der Waals surface area contributed by atoms with Crippen molar-refractivity contribution in [1.29, 1.82) is 0 Å². The lowest BCUT2D eigenvalue weighted by Gasteiger charge is -2.27. The Bertz CT molecular complexity index is 706. The van der Waals surface area contributed by atoms with E-state index >= 15 is 0 Å². The third-order valence-corrected chi connectivity index (χ3v) is 5.58. The van der Waals surface area contributed by atoms with E-state index in [0.29, 0.717) is 29.5 Å². The van der Waals surface area contributed by atoms with Crippen molar-refractivity contribution in [1.82, 2.24) is 5.32 Å². The maximum absolute atomic E-state index is 12.7. The minimum absolute atomic E-state index is 0.0660. The molecule has 2 fully saturated rings. The van der Waals surface area contributed by atoms with Crippen molar-refractivity contribution in [2.75, 3.05) is 32.8 Å². The first-order valence-corrected chi connectivity index (χ1v) is 9.63. The lowest BCUT2D eigenvalue weighted by Crippen LogP contribution is -2.43. The van der Waals surface area contributed by atoms with Gasteiger partial charge in [-0.05, 0) is 25.7 Å². The van der Waals surface area contributed by atoms with Crippen molar-refractivity contribution in [2.24, 2.45) is 11.7 Å². The quantitative estimate of drug-likeness (QED) is 0.761. The average molecular weight is 391 g/mol. The van der Waals surface area contributed by atoms with Crippen molar-refractivity contribution >= 4 is 17.5 Å². The molecule has 8 nitrogen and oxygen atoms in total. The molecule has 0 aromatic heterocycles. The Morgan fingerprint density at radius 2 is 1.68 bits per heavy atom. The van der Waals surface area contributed by atoms with E-state index in [1.165, 1.54) is 21.3 Å². The van der Waals surface area contributed by atoms with Gasteiger partial charge in [0.05, 0.1) is 32.9 Å². The number of hydrogen-bond acceptors (Lipinski definition) is 6. The smallest absolute Gasteiger partial charge is 0.227 e. The van der Waals surface area contributed by atoms with E-state index in [4.69, 9.17) is 19.9 Å². The Hall–Kier alpha value is -2.48. The Labute approximate surface area is 165 Å². The monoisotopic (exact) mass is 391 g/mol. The van der Waals surface area contributed by atoms with Gasteiger partial charge in [-0.1, -0.05) is 0 Å². The predicted molar refractivity (Wildman–Crippen MR) is 105 cm³/mol. The number of nitrogens with one attached hydrogen (secondary N) is 1. The zero-order valence-electron chi connectivity index (χ0n) is 16.7. The summed E-state index contributed by atoms with van der Waals surface area (Å²) in [7, 11) is 4.58. The van der Waals surface area contributed by atoms with Gasteiger partial charge in [0.15, 0.2) is 11.5 Å². The number of hydrogen-bond donors (Lipinski definition) is 2. The molecule has 2 aliphatic rings. The van der Waals surface area contributed by atoms with Crippen molar-refractivity contribution in [3.63, 3.8) is 0 Å². The highest BCUT2D eigenvalue weighted by Gasteiger charge is 2.37. The van der Waals surface area contributed by atoms with Gasteiger partial charge in [0.25, 0.3) is 0 Å². The van der Waals surface area contributed by atoms with E-state index in [0.717, 1.165) is 25.7 Å². The number of carbonyl (C=O) groups is 2. The van der Waals surface area contributed by atoms with Crippen molar-refractivity contribution in [2.45, 2.75) is 44.2 Å². The number of nitrogens with two attached hydrogens (primary N) is 1. The first kappa shape index (κ1) is 20.3. The van der Waals surface area contributed by atoms with Gasteiger partial charge in [-0.2, -0.15) is 0 Å². The van der Waals surface area contributed by atoms with Crippen LogP contribution in [0.25, 0.3) is 0 Å². The Balaban J connectivity index is 1.71. The minimum Gasteiger partial charge on any atom is -0.493 e. The molecule has 1 aliphatic heterocycles. The van der Waals surface area contributed by atoms with Crippen LogP contribution in [0.15, 0.2) is 12.1 Å². The highest BCUT2D eigenvalue weighted by atomic mass is 16.5. The maximum Gasteiger partial charge on any atom is 0.227 e. The minimum atomic E-state index is -0.373. The molecule has 1 unspecified atom stereocenters. The maximum atomic E-state index is 12.7. The van der Waals surface area contributed by atoms with E-state index in [1.807, 2.05) is 0 Å². The molecule has 154 valence electrons. The van der Waals surface area contributed by atoms with Crippen molar-refractivity contribution in [3.8, 4) is 17.2 Å². The molecule has 2 amide bonds. The van der Waals surface area contributed by atoms with Crippen molar-refractivity contribution in [3.05, 3.63) is 12.1 Å². The fourth-order valence-electron chi connectivity index (χ4n) is 3.94. The molecule has 1 saturated carbocycles. The van der Waals surface area contributed by atoms with E-state index in [1.54, 1.807) is 17.0 Å². The van der Waals surface area contributed by atoms with Gasteiger partial charge in [0.2, 0.25) is 17.6 Å². The second kappa shape index (κ2) is 8.68. The molecule has 1 atom stereocenters. The van der Waals surface area contributed by atoms with Crippen LogP contribution in [0.4, 0.5) is 5.69 Å². The fourth-order valence-corrected chi connectivity index (χ4v) is 3.94. The van der Waals surface area contributed by atoms with Gasteiger partial charge in [0, 0.05) is 37.2 Å². The third kappa shape index (κ3) is 4.16. The molecular weight excluding hydrogens is 362 g/mol. The van der Waals surface area contributed by atoms with Crippen LogP contribution < -0.4 is 30.2 Å². The summed E-state index contributed by atoms with van der Waals surface area (Å²) < 4.78 is 16.1. The number of rotatable bonds is 6. The number of amides is 2. The van der Waals surface area contributed by atoms with Crippen molar-refractivity contribution < 1.29 is 23.8 Å². The largest absolute Gasteiger partial charge is 0.493 e. The summed E-state index contributed by atoms with van der Waals surface area (Å²) in [5.41, 5.74) is 6.55. The zero-order chi connectivity index (χ0) is 20.3. The first-order valence-electron chi connectivity index (χ1n) is 9.63. The highest BCUT2D eigenvalue weighted by molar-refractivity contribution is 6.00. The zero-order valence-corrected chi connectivity index (χ0v) is 16.7. The highest BCUT2D eigenvalue weighted by Crippen LogP contribution is 2.42. The van der Waals surface area contributed by atoms with Crippen LogP contribution in [0.5, 0.6) is 17.2 Å². The van der Waals surface area contributed by atoms with Crippen LogP contribution in [0.1, 0.15) is 32.1 Å². The predicted octanol–water partition coefficient (Wildman–Crippen LogP) is 1.45. The van der Waals surface area contributed by atoms with E-state index in [-0.39, 0.29) is 36.2 Å². The normalized spacial score (nSPS) is 24.8. The number of nitrogens with zero attached hydrogens (tertiary/aromatic N) is 1. The topological polar surface area (TPSA) is 103 Å². The first-order chi connectivity index (χ1) is 13.5. The summed E-state index contributed by atoms with van der Waals surface area (Å²) in [6, 6.07) is 3.83. The number of benzene rings is 1. The van der Waals surface area contributed by atoms with Gasteiger partial charge in [-0.3, -0.25) is 9.59 Å². The molecule has 1 aromatic rings. The summed E-state index contributed by atoms with van der Waals surface area (Å²) in [6.45, 7) is 0.329. The molecule has 8 heteroatoms. The lowest BCUT2D eigenvalue weighted by molar-refractivity contribution is -0.127. The van der Waals surface area contributed by atoms with Crippen LogP contribution in [-0.2, 0) is 9.59 Å². The van der Waals surface area contributed by atoms with Gasteiger partial charge < -0.3 is 30.2 Å². The lowest BCUT2D eigenvalue weighted by atomic mass is 9.91.